The first-order valence-corrected chi connectivity index (χ1v) is 4.09. The van der Waals surface area contributed by atoms with Crippen LogP contribution in [0.4, 0.5) is 5.82 Å². The van der Waals surface area contributed by atoms with E-state index in [4.69, 9.17) is 11.5 Å². The molecule has 2 heterocycles. The molecule has 72 valence electrons. The molecule has 0 bridgehead atoms. The number of nitrogen functional groups attached to an aromatic ring is 1. The molecule has 5 N–H and O–H groups in total. The van der Waals surface area contributed by atoms with Crippen LogP contribution in [0.2, 0.25) is 0 Å². The number of anilines is 1. The van der Waals surface area contributed by atoms with Gasteiger partial charge in [-0.25, -0.2) is 19.6 Å². The van der Waals surface area contributed by atoms with E-state index in [1.54, 1.807) is 0 Å². The minimum atomic E-state index is 0.126. The van der Waals surface area contributed by atoms with E-state index in [9.17, 15) is 0 Å². The van der Waals surface area contributed by atoms with Gasteiger partial charge in [0.2, 0.25) is 0 Å². The summed E-state index contributed by atoms with van der Waals surface area (Å²) in [5.41, 5.74) is 14.6. The zero-order valence-electron chi connectivity index (χ0n) is 7.01. The Bertz CT molecular complexity index is 490. The minimum Gasteiger partial charge on any atom is -0.382 e. The molecule has 2 aromatic heterocycles. The van der Waals surface area contributed by atoms with Crippen LogP contribution in [0.25, 0.3) is 11.2 Å². The highest BCUT2D eigenvalue weighted by Crippen LogP contribution is 2.12. The second kappa shape index (κ2) is 3.07. The second-order valence-electron chi connectivity index (χ2n) is 2.52. The highest BCUT2D eigenvalue weighted by molar-refractivity contribution is 7.80. The van der Waals surface area contributed by atoms with Gasteiger partial charge in [0.05, 0.1) is 0 Å². The number of nitrogens with one attached hydrogen (secondary N) is 1. The summed E-state index contributed by atoms with van der Waals surface area (Å²) < 4.78 is 1.48. The third kappa shape index (κ3) is 1.31. The van der Waals surface area contributed by atoms with Gasteiger partial charge in [0.15, 0.2) is 22.1 Å². The fourth-order valence-corrected chi connectivity index (χ4v) is 1.15. The maximum atomic E-state index is 5.58. The summed E-state index contributed by atoms with van der Waals surface area (Å²) in [6.07, 6.45) is 2.83. The van der Waals surface area contributed by atoms with Gasteiger partial charge in [-0.1, -0.05) is 0 Å². The summed E-state index contributed by atoms with van der Waals surface area (Å²) in [5.74, 6) is 0.318. The van der Waals surface area contributed by atoms with E-state index in [2.05, 4.69) is 32.6 Å². The first-order valence-electron chi connectivity index (χ1n) is 3.68. The monoisotopic (exact) mass is 209 g/mol. The summed E-state index contributed by atoms with van der Waals surface area (Å²) in [4.78, 5) is 11.8. The van der Waals surface area contributed by atoms with Gasteiger partial charge < -0.3 is 11.5 Å². The molecule has 14 heavy (non-hydrogen) atoms. The first-order chi connectivity index (χ1) is 6.68. The largest absolute Gasteiger partial charge is 0.382 e. The Morgan fingerprint density at radius 2 is 2.21 bits per heavy atom. The van der Waals surface area contributed by atoms with Crippen LogP contribution >= 0.6 is 12.2 Å². The predicted octanol–water partition coefficient (Wildman–Crippen LogP) is -0.804. The number of imidazole rings is 1. The van der Waals surface area contributed by atoms with Gasteiger partial charge in [-0.3, -0.25) is 5.43 Å². The SMILES string of the molecule is NC(=S)Nn1cnc2c(N)ncnc21. The summed E-state index contributed by atoms with van der Waals surface area (Å²) in [6, 6.07) is 0. The number of hydrogen-bond acceptors (Lipinski definition) is 5. The van der Waals surface area contributed by atoms with E-state index in [1.165, 1.54) is 17.3 Å². The van der Waals surface area contributed by atoms with E-state index in [0.29, 0.717) is 17.0 Å². The van der Waals surface area contributed by atoms with Crippen LogP contribution in [-0.4, -0.2) is 24.7 Å². The zero-order chi connectivity index (χ0) is 10.1. The second-order valence-corrected chi connectivity index (χ2v) is 2.96. The van der Waals surface area contributed by atoms with Crippen molar-refractivity contribution in [3.8, 4) is 0 Å². The number of aromatic nitrogens is 4. The molecule has 7 nitrogen and oxygen atoms in total. The van der Waals surface area contributed by atoms with Crippen molar-refractivity contribution in [2.75, 3.05) is 11.2 Å². The molecule has 0 aliphatic carbocycles. The van der Waals surface area contributed by atoms with Crippen LogP contribution in [0.1, 0.15) is 0 Å². The number of rotatable bonds is 1. The molecule has 0 fully saturated rings. The summed E-state index contributed by atoms with van der Waals surface area (Å²) in [5, 5.41) is 0.126. The molecule has 0 saturated heterocycles. The maximum Gasteiger partial charge on any atom is 0.184 e. The van der Waals surface area contributed by atoms with Crippen molar-refractivity contribution in [3.63, 3.8) is 0 Å². The molecular weight excluding hydrogens is 202 g/mol. The number of hydrogen-bond donors (Lipinski definition) is 3. The Morgan fingerprint density at radius 1 is 1.43 bits per heavy atom. The third-order valence-electron chi connectivity index (χ3n) is 1.59. The van der Waals surface area contributed by atoms with E-state index in [0.717, 1.165) is 0 Å². The Balaban J connectivity index is 2.58. The molecule has 0 unspecified atom stereocenters. The van der Waals surface area contributed by atoms with Crippen molar-refractivity contribution >= 4 is 34.3 Å². The molecule has 0 saturated carbocycles. The zero-order valence-corrected chi connectivity index (χ0v) is 7.82. The summed E-state index contributed by atoms with van der Waals surface area (Å²) in [7, 11) is 0. The molecule has 0 aliphatic rings. The number of fused-ring (bicyclic) bond motifs is 1. The third-order valence-corrected chi connectivity index (χ3v) is 1.68. The molecule has 2 rings (SSSR count). The van der Waals surface area contributed by atoms with Gasteiger partial charge in [-0.15, -0.1) is 0 Å². The first kappa shape index (κ1) is 8.63. The lowest BCUT2D eigenvalue weighted by atomic mass is 10.5. The average molecular weight is 209 g/mol. The molecule has 0 atom stereocenters. The predicted molar refractivity (Wildman–Crippen MR) is 55.9 cm³/mol. The van der Waals surface area contributed by atoms with Gasteiger partial charge in [0, 0.05) is 0 Å². The number of nitrogens with zero attached hydrogens (tertiary/aromatic N) is 4. The smallest absolute Gasteiger partial charge is 0.184 e. The molecule has 8 heteroatoms. The van der Waals surface area contributed by atoms with Gasteiger partial charge >= 0.3 is 0 Å². The Labute approximate surface area is 84.1 Å². The van der Waals surface area contributed by atoms with Crippen molar-refractivity contribution < 1.29 is 0 Å². The molecule has 0 spiro atoms. The molecule has 2 aromatic rings. The van der Waals surface area contributed by atoms with Crippen molar-refractivity contribution in [3.05, 3.63) is 12.7 Å². The minimum absolute atomic E-state index is 0.126. The molecular formula is C6H7N7S. The standard InChI is InChI=1S/C6H7N7S/c7-4-3-5(10-1-9-4)13(2-11-3)12-6(8)14/h1-2H,(H2,7,9,10)(H3,8,12,14). The van der Waals surface area contributed by atoms with Crippen molar-refractivity contribution in [1.82, 2.24) is 19.6 Å². The van der Waals surface area contributed by atoms with Crippen molar-refractivity contribution in [1.29, 1.82) is 0 Å². The van der Waals surface area contributed by atoms with Gasteiger partial charge in [0.1, 0.15) is 12.7 Å². The molecule has 0 aromatic carbocycles. The lowest BCUT2D eigenvalue weighted by Crippen LogP contribution is -2.27. The quantitative estimate of drug-likeness (QED) is 0.527. The fourth-order valence-electron chi connectivity index (χ4n) is 1.05. The Morgan fingerprint density at radius 3 is 2.93 bits per heavy atom. The van der Waals surface area contributed by atoms with Crippen LogP contribution in [0.5, 0.6) is 0 Å². The van der Waals surface area contributed by atoms with Crippen molar-refractivity contribution in [2.45, 2.75) is 0 Å². The summed E-state index contributed by atoms with van der Waals surface area (Å²) in [6.45, 7) is 0. The lowest BCUT2D eigenvalue weighted by Gasteiger charge is -2.03. The van der Waals surface area contributed by atoms with E-state index in [-0.39, 0.29) is 5.11 Å². The summed E-state index contributed by atoms with van der Waals surface area (Å²) >= 11 is 4.68. The van der Waals surface area contributed by atoms with Crippen molar-refractivity contribution in [2.24, 2.45) is 5.73 Å². The van der Waals surface area contributed by atoms with Gasteiger partial charge in [-0.05, 0) is 12.2 Å². The molecule has 0 aliphatic heterocycles. The van der Waals surface area contributed by atoms with Gasteiger partial charge in [-0.2, -0.15) is 0 Å². The average Bonchev–Trinajstić information content (AvgIpc) is 2.49. The van der Waals surface area contributed by atoms with Gasteiger partial charge in [0.25, 0.3) is 0 Å². The van der Waals surface area contributed by atoms with Crippen LogP contribution < -0.4 is 16.9 Å². The Hall–Kier alpha value is -1.96. The lowest BCUT2D eigenvalue weighted by molar-refractivity contribution is 0.985. The maximum absolute atomic E-state index is 5.58. The molecule has 0 amide bonds. The number of thiocarbonyl (C=S) groups is 1. The normalized spacial score (nSPS) is 10.3. The Kier molecular flexibility index (Phi) is 1.89. The van der Waals surface area contributed by atoms with Crippen LogP contribution in [0.3, 0.4) is 0 Å². The fraction of sp³-hybridized carbons (Fsp3) is 0. The van der Waals surface area contributed by atoms with E-state index < -0.39 is 0 Å². The topological polar surface area (TPSA) is 108 Å². The molecule has 0 radical (unpaired) electrons. The van der Waals surface area contributed by atoms with E-state index >= 15 is 0 Å². The number of nitrogens with two attached hydrogens (primary N) is 2. The van der Waals surface area contributed by atoms with Crippen LogP contribution in [0.15, 0.2) is 12.7 Å². The van der Waals surface area contributed by atoms with Crippen LogP contribution in [0, 0.1) is 0 Å². The van der Waals surface area contributed by atoms with Crippen LogP contribution in [-0.2, 0) is 0 Å². The highest BCUT2D eigenvalue weighted by Gasteiger charge is 2.06. The van der Waals surface area contributed by atoms with E-state index in [1.807, 2.05) is 0 Å². The highest BCUT2D eigenvalue weighted by atomic mass is 32.1.